The molecule has 1 aliphatic heterocycles. The summed E-state index contributed by atoms with van der Waals surface area (Å²) in [5.74, 6) is -0.719. The van der Waals surface area contributed by atoms with Crippen LogP contribution in [0.3, 0.4) is 0 Å². The SMILES string of the molecule is CC(C)N1CCC(NS(=O)(=O)C(CNC(=O)c2ccc(Cl)s2)CC(=O)N(C)C)CC1. The van der Waals surface area contributed by atoms with Gasteiger partial charge in [0.05, 0.1) is 9.21 Å². The number of carbonyl (C=O) groups is 2. The van der Waals surface area contributed by atoms with Gasteiger partial charge in [0.15, 0.2) is 0 Å². The number of amides is 2. The first-order valence-corrected chi connectivity index (χ1v) is 12.7. The fraction of sp³-hybridized carbons (Fsp3) is 0.684. The highest BCUT2D eigenvalue weighted by molar-refractivity contribution is 7.90. The Morgan fingerprint density at radius 2 is 1.90 bits per heavy atom. The van der Waals surface area contributed by atoms with Crippen molar-refractivity contribution in [3.05, 3.63) is 21.3 Å². The number of hydrogen-bond donors (Lipinski definition) is 2. The topological polar surface area (TPSA) is 98.8 Å². The van der Waals surface area contributed by atoms with Gasteiger partial charge in [-0.3, -0.25) is 9.59 Å². The standard InChI is InChI=1S/C19H31ClN4O4S2/c1-13(2)24-9-7-14(8-10-24)22-30(27,28)15(11-18(25)23(3)4)12-21-19(26)16-5-6-17(20)29-16/h5-6,13-15,22H,7-12H2,1-4H3,(H,21,26). The largest absolute Gasteiger partial charge is 0.350 e. The number of carbonyl (C=O) groups excluding carboxylic acids is 2. The third-order valence-electron chi connectivity index (χ3n) is 5.22. The molecule has 0 saturated carbocycles. The molecule has 2 N–H and O–H groups in total. The van der Waals surface area contributed by atoms with E-state index in [0.29, 0.717) is 28.1 Å². The van der Waals surface area contributed by atoms with Gasteiger partial charge in [-0.05, 0) is 51.9 Å². The quantitative estimate of drug-likeness (QED) is 0.563. The minimum Gasteiger partial charge on any atom is -0.350 e. The van der Waals surface area contributed by atoms with E-state index in [-0.39, 0.29) is 24.9 Å². The Hall–Kier alpha value is -1.20. The third-order valence-corrected chi connectivity index (χ3v) is 8.32. The smallest absolute Gasteiger partial charge is 0.261 e. The number of rotatable bonds is 9. The lowest BCUT2D eigenvalue weighted by Gasteiger charge is -2.35. The van der Waals surface area contributed by atoms with Crippen molar-refractivity contribution >= 4 is 44.8 Å². The van der Waals surface area contributed by atoms with Gasteiger partial charge < -0.3 is 15.1 Å². The molecule has 170 valence electrons. The Bertz CT molecular complexity index is 833. The fourth-order valence-electron chi connectivity index (χ4n) is 3.26. The van der Waals surface area contributed by atoms with E-state index in [0.717, 1.165) is 24.4 Å². The first-order chi connectivity index (χ1) is 14.0. The molecule has 2 heterocycles. The van der Waals surface area contributed by atoms with Crippen LogP contribution in [-0.2, 0) is 14.8 Å². The van der Waals surface area contributed by atoms with Crippen LogP contribution in [0.4, 0.5) is 0 Å². The predicted octanol–water partition coefficient (Wildman–Crippen LogP) is 1.77. The maximum absolute atomic E-state index is 13.1. The summed E-state index contributed by atoms with van der Waals surface area (Å²) in [6.07, 6.45) is 1.22. The zero-order valence-electron chi connectivity index (χ0n) is 17.9. The molecule has 1 aromatic heterocycles. The Morgan fingerprint density at radius 3 is 2.40 bits per heavy atom. The number of likely N-dealkylation sites (tertiary alicyclic amines) is 1. The maximum atomic E-state index is 13.1. The maximum Gasteiger partial charge on any atom is 0.261 e. The van der Waals surface area contributed by atoms with Crippen molar-refractivity contribution < 1.29 is 18.0 Å². The van der Waals surface area contributed by atoms with Crippen molar-refractivity contribution in [3.8, 4) is 0 Å². The minimum atomic E-state index is -3.81. The van der Waals surface area contributed by atoms with E-state index in [2.05, 4.69) is 28.8 Å². The van der Waals surface area contributed by atoms with Gasteiger partial charge in [0.2, 0.25) is 15.9 Å². The molecule has 0 bridgehead atoms. The van der Waals surface area contributed by atoms with E-state index >= 15 is 0 Å². The molecule has 2 rings (SSSR count). The average Bonchev–Trinajstić information content (AvgIpc) is 3.11. The van der Waals surface area contributed by atoms with Crippen LogP contribution in [0, 0.1) is 0 Å². The first-order valence-electron chi connectivity index (χ1n) is 9.98. The molecule has 0 spiro atoms. The fourth-order valence-corrected chi connectivity index (χ4v) is 5.78. The second kappa shape index (κ2) is 10.9. The van der Waals surface area contributed by atoms with Gasteiger partial charge in [-0.1, -0.05) is 11.6 Å². The lowest BCUT2D eigenvalue weighted by molar-refractivity contribution is -0.128. The molecule has 1 aromatic rings. The number of thiophene rings is 1. The van der Waals surface area contributed by atoms with Gasteiger partial charge >= 0.3 is 0 Å². The summed E-state index contributed by atoms with van der Waals surface area (Å²) < 4.78 is 29.4. The number of nitrogens with one attached hydrogen (secondary N) is 2. The summed E-state index contributed by atoms with van der Waals surface area (Å²) >= 11 is 6.97. The molecule has 30 heavy (non-hydrogen) atoms. The summed E-state index contributed by atoms with van der Waals surface area (Å²) in [6.45, 7) is 5.73. The molecule has 8 nitrogen and oxygen atoms in total. The molecule has 2 amide bonds. The highest BCUT2D eigenvalue weighted by Crippen LogP contribution is 2.21. The summed E-state index contributed by atoms with van der Waals surface area (Å²) in [7, 11) is -0.661. The van der Waals surface area contributed by atoms with Gasteiger partial charge in [-0.15, -0.1) is 11.3 Å². The van der Waals surface area contributed by atoms with Gasteiger partial charge in [-0.25, -0.2) is 13.1 Å². The van der Waals surface area contributed by atoms with Crippen LogP contribution in [-0.4, -0.2) is 81.1 Å². The molecule has 1 aliphatic rings. The normalized spacial score (nSPS) is 17.1. The van der Waals surface area contributed by atoms with E-state index in [1.807, 2.05) is 0 Å². The highest BCUT2D eigenvalue weighted by Gasteiger charge is 2.32. The van der Waals surface area contributed by atoms with E-state index in [9.17, 15) is 18.0 Å². The van der Waals surface area contributed by atoms with E-state index in [1.54, 1.807) is 26.2 Å². The minimum absolute atomic E-state index is 0.159. The van der Waals surface area contributed by atoms with Crippen LogP contribution in [0.25, 0.3) is 0 Å². The van der Waals surface area contributed by atoms with Crippen molar-refractivity contribution in [1.29, 1.82) is 0 Å². The van der Waals surface area contributed by atoms with Gasteiger partial charge in [0.1, 0.15) is 5.25 Å². The lowest BCUT2D eigenvalue weighted by Crippen LogP contribution is -2.51. The van der Waals surface area contributed by atoms with Crippen LogP contribution in [0.1, 0.15) is 42.8 Å². The van der Waals surface area contributed by atoms with Crippen molar-refractivity contribution in [2.24, 2.45) is 0 Å². The van der Waals surface area contributed by atoms with Crippen molar-refractivity contribution in [1.82, 2.24) is 19.8 Å². The van der Waals surface area contributed by atoms with Crippen LogP contribution in [0.2, 0.25) is 4.34 Å². The van der Waals surface area contributed by atoms with Gasteiger partial charge in [0.25, 0.3) is 5.91 Å². The molecule has 0 aliphatic carbocycles. The molecule has 11 heteroatoms. The van der Waals surface area contributed by atoms with Gasteiger partial charge in [0, 0.05) is 39.1 Å². The average molecular weight is 479 g/mol. The zero-order valence-corrected chi connectivity index (χ0v) is 20.2. The van der Waals surface area contributed by atoms with E-state index in [4.69, 9.17) is 11.6 Å². The molecule has 1 fully saturated rings. The summed E-state index contributed by atoms with van der Waals surface area (Å²) in [4.78, 5) is 28.6. The van der Waals surface area contributed by atoms with Crippen molar-refractivity contribution in [3.63, 3.8) is 0 Å². The molecule has 0 aromatic carbocycles. The van der Waals surface area contributed by atoms with Gasteiger partial charge in [-0.2, -0.15) is 0 Å². The third kappa shape index (κ3) is 7.19. The van der Waals surface area contributed by atoms with E-state index < -0.39 is 21.2 Å². The molecule has 1 atom stereocenters. The Balaban J connectivity index is 2.04. The Kier molecular flexibility index (Phi) is 9.11. The summed E-state index contributed by atoms with van der Waals surface area (Å²) in [6, 6.07) is 3.44. The van der Waals surface area contributed by atoms with Crippen molar-refractivity contribution in [2.45, 2.75) is 50.4 Å². The Labute approximate surface area is 188 Å². The second-order valence-electron chi connectivity index (χ2n) is 7.99. The van der Waals surface area contributed by atoms with Crippen LogP contribution in [0.5, 0.6) is 0 Å². The summed E-state index contributed by atoms with van der Waals surface area (Å²) in [5.41, 5.74) is 0. The van der Waals surface area contributed by atoms with Crippen LogP contribution in [0.15, 0.2) is 12.1 Å². The molecule has 1 saturated heterocycles. The highest BCUT2D eigenvalue weighted by atomic mass is 35.5. The monoisotopic (exact) mass is 478 g/mol. The second-order valence-corrected chi connectivity index (χ2v) is 11.7. The summed E-state index contributed by atoms with van der Waals surface area (Å²) in [5, 5.41) is 1.58. The molecular weight excluding hydrogens is 448 g/mol. The predicted molar refractivity (Wildman–Crippen MR) is 121 cm³/mol. The number of hydrogen-bond acceptors (Lipinski definition) is 6. The number of nitrogens with zero attached hydrogens (tertiary/aromatic N) is 2. The number of sulfonamides is 1. The molecular formula is C19H31ClN4O4S2. The molecule has 1 unspecified atom stereocenters. The molecule has 0 radical (unpaired) electrons. The van der Waals surface area contributed by atoms with E-state index in [1.165, 1.54) is 4.90 Å². The lowest BCUT2D eigenvalue weighted by atomic mass is 10.1. The number of piperidine rings is 1. The van der Waals surface area contributed by atoms with Crippen LogP contribution < -0.4 is 10.0 Å². The van der Waals surface area contributed by atoms with Crippen molar-refractivity contribution in [2.75, 3.05) is 33.7 Å². The van der Waals surface area contributed by atoms with Crippen LogP contribution >= 0.6 is 22.9 Å². The number of halogens is 1. The Morgan fingerprint density at radius 1 is 1.27 bits per heavy atom. The zero-order chi connectivity index (χ0) is 22.5. The first kappa shape index (κ1) is 25.1.